The number of carbonyl (C=O) groups is 1. The molecule has 0 N–H and O–H groups in total. The molecule has 1 aliphatic heterocycles. The Morgan fingerprint density at radius 1 is 1.55 bits per heavy atom. The van der Waals surface area contributed by atoms with Crippen LogP contribution in [0.3, 0.4) is 0 Å². The van der Waals surface area contributed by atoms with Gasteiger partial charge in [0.05, 0.1) is 6.54 Å². The SMILES string of the molecule is C[C@H]1CN(C(C)(C)C)C(=O)O1. The summed E-state index contributed by atoms with van der Waals surface area (Å²) in [5.41, 5.74) is -0.109. The standard InChI is InChI=1S/C8H15NO2/c1-6-5-9(7(10)11-6)8(2,3)4/h6H,5H2,1-4H3/t6-/m0/s1. The summed E-state index contributed by atoms with van der Waals surface area (Å²) in [5, 5.41) is 0. The summed E-state index contributed by atoms with van der Waals surface area (Å²) in [6.45, 7) is 8.64. The molecule has 1 fully saturated rings. The zero-order valence-electron chi connectivity index (χ0n) is 7.55. The third-order valence-electron chi connectivity index (χ3n) is 1.77. The van der Waals surface area contributed by atoms with Gasteiger partial charge in [0, 0.05) is 5.54 Å². The maximum Gasteiger partial charge on any atom is 0.410 e. The Hall–Kier alpha value is -0.730. The summed E-state index contributed by atoms with van der Waals surface area (Å²) in [5.74, 6) is 0. The molecule has 0 spiro atoms. The highest BCUT2D eigenvalue weighted by atomic mass is 16.6. The van der Waals surface area contributed by atoms with Crippen LogP contribution in [0.15, 0.2) is 0 Å². The van der Waals surface area contributed by atoms with E-state index in [9.17, 15) is 4.79 Å². The fourth-order valence-corrected chi connectivity index (χ4v) is 1.15. The lowest BCUT2D eigenvalue weighted by atomic mass is 10.1. The molecule has 64 valence electrons. The minimum atomic E-state index is -0.190. The van der Waals surface area contributed by atoms with Crippen LogP contribution in [0, 0.1) is 0 Å². The first-order valence-electron chi connectivity index (χ1n) is 3.89. The van der Waals surface area contributed by atoms with Gasteiger partial charge in [-0.25, -0.2) is 4.79 Å². The van der Waals surface area contributed by atoms with Gasteiger partial charge < -0.3 is 4.74 Å². The number of nitrogens with zero attached hydrogens (tertiary/aromatic N) is 1. The van der Waals surface area contributed by atoms with Crippen molar-refractivity contribution < 1.29 is 9.53 Å². The van der Waals surface area contributed by atoms with Crippen LogP contribution in [0.4, 0.5) is 4.79 Å². The lowest BCUT2D eigenvalue weighted by Crippen LogP contribution is -2.42. The van der Waals surface area contributed by atoms with E-state index in [1.807, 2.05) is 27.7 Å². The maximum absolute atomic E-state index is 11.1. The Morgan fingerprint density at radius 3 is 2.27 bits per heavy atom. The van der Waals surface area contributed by atoms with Gasteiger partial charge in [0.1, 0.15) is 6.10 Å². The first-order valence-corrected chi connectivity index (χ1v) is 3.89. The van der Waals surface area contributed by atoms with E-state index >= 15 is 0 Å². The molecule has 0 unspecified atom stereocenters. The van der Waals surface area contributed by atoms with Crippen LogP contribution in [0.1, 0.15) is 27.7 Å². The van der Waals surface area contributed by atoms with Crippen molar-refractivity contribution in [2.24, 2.45) is 0 Å². The Kier molecular flexibility index (Phi) is 1.82. The molecule has 0 aromatic rings. The number of hydrogen-bond donors (Lipinski definition) is 0. The Morgan fingerprint density at radius 2 is 2.09 bits per heavy atom. The van der Waals surface area contributed by atoms with Crippen molar-refractivity contribution in [2.75, 3.05) is 6.54 Å². The molecule has 0 bridgehead atoms. The van der Waals surface area contributed by atoms with Crippen molar-refractivity contribution in [3.63, 3.8) is 0 Å². The summed E-state index contributed by atoms with van der Waals surface area (Å²) in [6.07, 6.45) is -0.147. The second-order valence-electron chi connectivity index (χ2n) is 3.98. The van der Waals surface area contributed by atoms with E-state index in [0.717, 1.165) is 0 Å². The minimum absolute atomic E-state index is 0.0433. The van der Waals surface area contributed by atoms with Gasteiger partial charge in [-0.2, -0.15) is 0 Å². The number of amides is 1. The van der Waals surface area contributed by atoms with Crippen LogP contribution in [0.2, 0.25) is 0 Å². The Balaban J connectivity index is 2.68. The zero-order chi connectivity index (χ0) is 8.65. The van der Waals surface area contributed by atoms with Crippen molar-refractivity contribution in [1.29, 1.82) is 0 Å². The van der Waals surface area contributed by atoms with E-state index in [2.05, 4.69) is 0 Å². The molecule has 1 aliphatic rings. The van der Waals surface area contributed by atoms with Crippen LogP contribution in [-0.2, 0) is 4.74 Å². The highest BCUT2D eigenvalue weighted by Crippen LogP contribution is 2.21. The molecule has 1 rings (SSSR count). The lowest BCUT2D eigenvalue weighted by molar-refractivity contribution is 0.123. The largest absolute Gasteiger partial charge is 0.444 e. The molecule has 0 radical (unpaired) electrons. The van der Waals surface area contributed by atoms with Gasteiger partial charge in [0.2, 0.25) is 0 Å². The monoisotopic (exact) mass is 157 g/mol. The van der Waals surface area contributed by atoms with Crippen molar-refractivity contribution in [2.45, 2.75) is 39.3 Å². The second kappa shape index (κ2) is 2.40. The van der Waals surface area contributed by atoms with E-state index in [4.69, 9.17) is 4.74 Å². The zero-order valence-corrected chi connectivity index (χ0v) is 7.55. The van der Waals surface area contributed by atoms with Crippen LogP contribution < -0.4 is 0 Å². The summed E-state index contributed by atoms with van der Waals surface area (Å²) in [4.78, 5) is 12.9. The Bertz CT molecular complexity index is 171. The van der Waals surface area contributed by atoms with Crippen LogP contribution in [0.25, 0.3) is 0 Å². The molecule has 0 aliphatic carbocycles. The molecule has 1 saturated heterocycles. The highest BCUT2D eigenvalue weighted by Gasteiger charge is 2.35. The molecule has 3 nitrogen and oxygen atoms in total. The molecule has 0 saturated carbocycles. The maximum atomic E-state index is 11.1. The summed E-state index contributed by atoms with van der Waals surface area (Å²) >= 11 is 0. The average molecular weight is 157 g/mol. The molecule has 0 aromatic heterocycles. The average Bonchev–Trinajstić information content (AvgIpc) is 2.08. The quantitative estimate of drug-likeness (QED) is 0.534. The van der Waals surface area contributed by atoms with Gasteiger partial charge in [-0.05, 0) is 27.7 Å². The smallest absolute Gasteiger partial charge is 0.410 e. The molecule has 11 heavy (non-hydrogen) atoms. The van der Waals surface area contributed by atoms with E-state index < -0.39 is 0 Å². The summed E-state index contributed by atoms with van der Waals surface area (Å²) in [6, 6.07) is 0. The number of rotatable bonds is 0. The fraction of sp³-hybridized carbons (Fsp3) is 0.875. The second-order valence-corrected chi connectivity index (χ2v) is 3.98. The van der Waals surface area contributed by atoms with Crippen LogP contribution in [-0.4, -0.2) is 29.2 Å². The molecular formula is C8H15NO2. The topological polar surface area (TPSA) is 29.5 Å². The minimum Gasteiger partial charge on any atom is -0.444 e. The number of carbonyl (C=O) groups excluding carboxylic acids is 1. The summed E-state index contributed by atoms with van der Waals surface area (Å²) < 4.78 is 4.99. The summed E-state index contributed by atoms with van der Waals surface area (Å²) in [7, 11) is 0. The molecular weight excluding hydrogens is 142 g/mol. The van der Waals surface area contributed by atoms with Gasteiger partial charge in [-0.3, -0.25) is 4.90 Å². The third-order valence-corrected chi connectivity index (χ3v) is 1.77. The molecule has 1 atom stereocenters. The van der Waals surface area contributed by atoms with Crippen molar-refractivity contribution in [3.05, 3.63) is 0 Å². The van der Waals surface area contributed by atoms with Crippen LogP contribution >= 0.6 is 0 Å². The molecule has 0 aromatic carbocycles. The van der Waals surface area contributed by atoms with Crippen LogP contribution in [0.5, 0.6) is 0 Å². The van der Waals surface area contributed by atoms with Crippen molar-refractivity contribution in [3.8, 4) is 0 Å². The first-order chi connectivity index (χ1) is 4.91. The van der Waals surface area contributed by atoms with E-state index in [1.54, 1.807) is 4.90 Å². The van der Waals surface area contributed by atoms with Crippen molar-refractivity contribution >= 4 is 6.09 Å². The normalized spacial score (nSPS) is 25.6. The predicted octanol–water partition coefficient (Wildman–Crippen LogP) is 1.63. The van der Waals surface area contributed by atoms with Gasteiger partial charge in [0.15, 0.2) is 0 Å². The fourth-order valence-electron chi connectivity index (χ4n) is 1.15. The highest BCUT2D eigenvalue weighted by molar-refractivity contribution is 5.70. The molecule has 3 heteroatoms. The first kappa shape index (κ1) is 8.37. The van der Waals surface area contributed by atoms with Gasteiger partial charge in [0.25, 0.3) is 0 Å². The number of cyclic esters (lactones) is 1. The van der Waals surface area contributed by atoms with E-state index in [1.165, 1.54) is 0 Å². The Labute approximate surface area is 67.3 Å². The predicted molar refractivity (Wildman–Crippen MR) is 42.4 cm³/mol. The van der Waals surface area contributed by atoms with E-state index in [-0.39, 0.29) is 17.7 Å². The molecule has 1 heterocycles. The van der Waals surface area contributed by atoms with Gasteiger partial charge >= 0.3 is 6.09 Å². The lowest BCUT2D eigenvalue weighted by Gasteiger charge is -2.28. The van der Waals surface area contributed by atoms with Gasteiger partial charge in [-0.15, -0.1) is 0 Å². The third kappa shape index (κ3) is 1.64. The van der Waals surface area contributed by atoms with Crippen molar-refractivity contribution in [1.82, 2.24) is 4.90 Å². The van der Waals surface area contributed by atoms with E-state index in [0.29, 0.717) is 6.54 Å². The molecule has 1 amide bonds. The number of hydrogen-bond acceptors (Lipinski definition) is 2. The van der Waals surface area contributed by atoms with Gasteiger partial charge in [-0.1, -0.05) is 0 Å². The number of ether oxygens (including phenoxy) is 1.